The number of hydrogen-bond acceptors (Lipinski definition) is 2. The highest BCUT2D eigenvalue weighted by Crippen LogP contribution is 2.26. The third-order valence-corrected chi connectivity index (χ3v) is 3.52. The Morgan fingerprint density at radius 3 is 2.65 bits per heavy atom. The summed E-state index contributed by atoms with van der Waals surface area (Å²) in [6.07, 6.45) is 1.72. The van der Waals surface area contributed by atoms with E-state index < -0.39 is 0 Å². The van der Waals surface area contributed by atoms with Crippen molar-refractivity contribution in [2.45, 2.75) is 13.8 Å². The average molecular weight is 295 g/mol. The zero-order valence-electron chi connectivity index (χ0n) is 9.59. The molecule has 0 amide bonds. The van der Waals surface area contributed by atoms with Crippen LogP contribution in [0.4, 0.5) is 15.9 Å². The zero-order chi connectivity index (χ0) is 12.4. The van der Waals surface area contributed by atoms with E-state index in [1.54, 1.807) is 19.2 Å². The van der Waals surface area contributed by atoms with Crippen molar-refractivity contribution in [3.05, 3.63) is 51.9 Å². The van der Waals surface area contributed by atoms with Crippen molar-refractivity contribution in [1.82, 2.24) is 4.98 Å². The molecule has 0 atom stereocenters. The van der Waals surface area contributed by atoms with E-state index in [4.69, 9.17) is 0 Å². The van der Waals surface area contributed by atoms with Gasteiger partial charge in [0.25, 0.3) is 0 Å². The molecule has 88 valence electrons. The van der Waals surface area contributed by atoms with Crippen molar-refractivity contribution >= 4 is 27.4 Å². The molecule has 1 heterocycles. The molecular weight excluding hydrogens is 283 g/mol. The summed E-state index contributed by atoms with van der Waals surface area (Å²) in [5.41, 5.74) is 2.40. The molecule has 2 nitrogen and oxygen atoms in total. The van der Waals surface area contributed by atoms with Gasteiger partial charge < -0.3 is 5.32 Å². The van der Waals surface area contributed by atoms with E-state index in [9.17, 15) is 4.39 Å². The van der Waals surface area contributed by atoms with Crippen LogP contribution in [0.2, 0.25) is 0 Å². The van der Waals surface area contributed by atoms with Gasteiger partial charge in [0.15, 0.2) is 0 Å². The van der Waals surface area contributed by atoms with Crippen LogP contribution in [-0.2, 0) is 0 Å². The molecule has 0 aliphatic carbocycles. The van der Waals surface area contributed by atoms with E-state index in [2.05, 4.69) is 26.2 Å². The third-order valence-electron chi connectivity index (χ3n) is 2.52. The van der Waals surface area contributed by atoms with Gasteiger partial charge in [0.1, 0.15) is 11.6 Å². The van der Waals surface area contributed by atoms with Crippen molar-refractivity contribution in [2.24, 2.45) is 0 Å². The number of aryl methyl sites for hydroxylation is 2. The highest BCUT2D eigenvalue weighted by molar-refractivity contribution is 9.10. The predicted molar refractivity (Wildman–Crippen MR) is 71.1 cm³/mol. The van der Waals surface area contributed by atoms with Gasteiger partial charge in [0.2, 0.25) is 0 Å². The van der Waals surface area contributed by atoms with Crippen LogP contribution in [0.5, 0.6) is 0 Å². The lowest BCUT2D eigenvalue weighted by molar-refractivity contribution is 0.619. The number of halogens is 2. The summed E-state index contributed by atoms with van der Waals surface area (Å²) in [6, 6.07) is 6.94. The molecule has 1 aromatic heterocycles. The minimum absolute atomic E-state index is 0.223. The maximum atomic E-state index is 13.4. The first-order chi connectivity index (χ1) is 8.08. The number of hydrogen-bond donors (Lipinski definition) is 1. The molecule has 0 spiro atoms. The van der Waals surface area contributed by atoms with Gasteiger partial charge in [0.05, 0.1) is 4.47 Å². The molecule has 2 aromatic rings. The quantitative estimate of drug-likeness (QED) is 0.891. The second-order valence-electron chi connectivity index (χ2n) is 3.88. The van der Waals surface area contributed by atoms with E-state index in [1.807, 2.05) is 19.1 Å². The van der Waals surface area contributed by atoms with Gasteiger partial charge in [-0.05, 0) is 59.1 Å². The SMILES string of the molecule is Cc1ccc(Nc2nccc(C)c2Br)cc1F. The highest BCUT2D eigenvalue weighted by Gasteiger charge is 2.05. The van der Waals surface area contributed by atoms with Gasteiger partial charge in [-0.3, -0.25) is 0 Å². The molecule has 0 fully saturated rings. The summed E-state index contributed by atoms with van der Waals surface area (Å²) < 4.78 is 14.3. The Morgan fingerprint density at radius 2 is 1.94 bits per heavy atom. The third kappa shape index (κ3) is 2.64. The Kier molecular flexibility index (Phi) is 3.43. The lowest BCUT2D eigenvalue weighted by Gasteiger charge is -2.09. The molecule has 0 aliphatic rings. The van der Waals surface area contributed by atoms with Gasteiger partial charge in [-0.2, -0.15) is 0 Å². The maximum absolute atomic E-state index is 13.4. The second-order valence-corrected chi connectivity index (χ2v) is 4.67. The number of aromatic nitrogens is 1. The van der Waals surface area contributed by atoms with E-state index in [-0.39, 0.29) is 5.82 Å². The fourth-order valence-corrected chi connectivity index (χ4v) is 1.77. The minimum Gasteiger partial charge on any atom is -0.339 e. The first-order valence-corrected chi connectivity index (χ1v) is 6.01. The van der Waals surface area contributed by atoms with Gasteiger partial charge in [-0.15, -0.1) is 0 Å². The molecule has 1 N–H and O–H groups in total. The maximum Gasteiger partial charge on any atom is 0.144 e. The van der Waals surface area contributed by atoms with Gasteiger partial charge in [-0.1, -0.05) is 6.07 Å². The predicted octanol–water partition coefficient (Wildman–Crippen LogP) is 4.34. The number of pyridine rings is 1. The van der Waals surface area contributed by atoms with Crippen LogP contribution in [-0.4, -0.2) is 4.98 Å². The van der Waals surface area contributed by atoms with E-state index in [1.165, 1.54) is 6.07 Å². The molecule has 0 radical (unpaired) electrons. The molecule has 0 saturated heterocycles. The van der Waals surface area contributed by atoms with Gasteiger partial charge in [0, 0.05) is 11.9 Å². The number of benzene rings is 1. The highest BCUT2D eigenvalue weighted by atomic mass is 79.9. The Hall–Kier alpha value is -1.42. The van der Waals surface area contributed by atoms with Gasteiger partial charge in [-0.25, -0.2) is 9.37 Å². The average Bonchev–Trinajstić information content (AvgIpc) is 2.30. The molecule has 0 saturated carbocycles. The van der Waals surface area contributed by atoms with E-state index in [0.717, 1.165) is 10.0 Å². The Bertz CT molecular complexity index is 555. The summed E-state index contributed by atoms with van der Waals surface area (Å²) in [4.78, 5) is 4.21. The second kappa shape index (κ2) is 4.84. The van der Waals surface area contributed by atoms with Crippen LogP contribution in [0.25, 0.3) is 0 Å². The molecule has 2 rings (SSSR count). The summed E-state index contributed by atoms with van der Waals surface area (Å²) in [5.74, 6) is 0.465. The van der Waals surface area contributed by atoms with Crippen LogP contribution >= 0.6 is 15.9 Å². The molecule has 4 heteroatoms. The first-order valence-electron chi connectivity index (χ1n) is 5.22. The van der Waals surface area contributed by atoms with Crippen molar-refractivity contribution in [2.75, 3.05) is 5.32 Å². The van der Waals surface area contributed by atoms with Crippen molar-refractivity contribution < 1.29 is 4.39 Å². The normalized spacial score (nSPS) is 10.4. The van der Waals surface area contributed by atoms with Gasteiger partial charge >= 0.3 is 0 Å². The van der Waals surface area contributed by atoms with Crippen LogP contribution in [0.15, 0.2) is 34.9 Å². The lowest BCUT2D eigenvalue weighted by Crippen LogP contribution is -1.96. The molecule has 17 heavy (non-hydrogen) atoms. The van der Waals surface area contributed by atoms with E-state index >= 15 is 0 Å². The summed E-state index contributed by atoms with van der Waals surface area (Å²) >= 11 is 3.45. The van der Waals surface area contributed by atoms with Crippen LogP contribution in [0.1, 0.15) is 11.1 Å². The molecule has 1 aromatic carbocycles. The molecule has 0 aliphatic heterocycles. The monoisotopic (exact) mass is 294 g/mol. The number of nitrogens with one attached hydrogen (secondary N) is 1. The number of anilines is 2. The molecule has 0 bridgehead atoms. The summed E-state index contributed by atoms with van der Waals surface area (Å²) in [5, 5.41) is 3.08. The largest absolute Gasteiger partial charge is 0.339 e. The van der Waals surface area contributed by atoms with Crippen LogP contribution in [0.3, 0.4) is 0 Å². The Labute approximate surface area is 108 Å². The lowest BCUT2D eigenvalue weighted by atomic mass is 10.2. The summed E-state index contributed by atoms with van der Waals surface area (Å²) in [6.45, 7) is 3.71. The fraction of sp³-hybridized carbons (Fsp3) is 0.154. The topological polar surface area (TPSA) is 24.9 Å². The van der Waals surface area contributed by atoms with Crippen molar-refractivity contribution in [3.63, 3.8) is 0 Å². The van der Waals surface area contributed by atoms with E-state index in [0.29, 0.717) is 17.1 Å². The zero-order valence-corrected chi connectivity index (χ0v) is 11.2. The Balaban J connectivity index is 2.31. The van der Waals surface area contributed by atoms with Crippen molar-refractivity contribution in [3.8, 4) is 0 Å². The summed E-state index contributed by atoms with van der Waals surface area (Å²) in [7, 11) is 0. The first kappa shape index (κ1) is 12.0. The van der Waals surface area contributed by atoms with Crippen LogP contribution < -0.4 is 5.32 Å². The smallest absolute Gasteiger partial charge is 0.144 e. The molecule has 0 unspecified atom stereocenters. The minimum atomic E-state index is -0.223. The standard InChI is InChI=1S/C13H12BrFN2/c1-8-3-4-10(7-11(8)15)17-13-12(14)9(2)5-6-16-13/h3-7H,1-2H3,(H,16,17). The van der Waals surface area contributed by atoms with Crippen molar-refractivity contribution in [1.29, 1.82) is 0 Å². The van der Waals surface area contributed by atoms with Crippen LogP contribution in [0, 0.1) is 19.7 Å². The molecular formula is C13H12BrFN2. The Morgan fingerprint density at radius 1 is 1.18 bits per heavy atom. The number of rotatable bonds is 2. The number of nitrogens with zero attached hydrogens (tertiary/aromatic N) is 1. The fourth-order valence-electron chi connectivity index (χ4n) is 1.43.